The van der Waals surface area contributed by atoms with Gasteiger partial charge in [0.05, 0.1) is 12.2 Å². The highest BCUT2D eigenvalue weighted by Crippen LogP contribution is 2.27. The smallest absolute Gasteiger partial charge is 0.225 e. The quantitative estimate of drug-likeness (QED) is 0.907. The van der Waals surface area contributed by atoms with Crippen molar-refractivity contribution in [1.29, 1.82) is 0 Å². The lowest BCUT2D eigenvalue weighted by atomic mass is 9.94. The van der Waals surface area contributed by atoms with Crippen LogP contribution in [0.4, 0.5) is 10.3 Å². The van der Waals surface area contributed by atoms with Gasteiger partial charge in [-0.2, -0.15) is 0 Å². The van der Waals surface area contributed by atoms with Gasteiger partial charge >= 0.3 is 0 Å². The van der Waals surface area contributed by atoms with Gasteiger partial charge in [-0.15, -0.1) is 0 Å². The number of halogens is 1. The van der Waals surface area contributed by atoms with Crippen LogP contribution in [-0.2, 0) is 6.61 Å². The number of aliphatic hydroxyl groups is 2. The normalized spacial score (nSPS) is 17.3. The SMILES string of the molecule is CC1(O)CCN(c2ncc(-c3cccc(CO)c3F)cn2)CC1. The van der Waals surface area contributed by atoms with Crippen LogP contribution < -0.4 is 4.90 Å². The fourth-order valence-electron chi connectivity index (χ4n) is 2.74. The first-order valence-electron chi connectivity index (χ1n) is 7.68. The summed E-state index contributed by atoms with van der Waals surface area (Å²) in [6.07, 6.45) is 4.53. The van der Waals surface area contributed by atoms with Crippen molar-refractivity contribution in [3.8, 4) is 11.1 Å². The fourth-order valence-corrected chi connectivity index (χ4v) is 2.74. The molecule has 2 N–H and O–H groups in total. The standard InChI is InChI=1S/C17H20FN3O2/c1-17(23)5-7-21(8-6-17)16-19-9-13(10-20-16)14-4-2-3-12(11-22)15(14)18/h2-4,9-10,22-23H,5-8,11H2,1H3. The molecule has 1 fully saturated rings. The summed E-state index contributed by atoms with van der Waals surface area (Å²) in [5.74, 6) is 0.142. The third kappa shape index (κ3) is 3.33. The van der Waals surface area contributed by atoms with Gasteiger partial charge in [0.25, 0.3) is 0 Å². The predicted octanol–water partition coefficient (Wildman–Crippen LogP) is 2.13. The number of aromatic nitrogens is 2. The van der Waals surface area contributed by atoms with Gasteiger partial charge in [-0.3, -0.25) is 0 Å². The second-order valence-corrected chi connectivity index (χ2v) is 6.19. The lowest BCUT2D eigenvalue weighted by Gasteiger charge is -2.35. The third-order valence-corrected chi connectivity index (χ3v) is 4.32. The van der Waals surface area contributed by atoms with Crippen molar-refractivity contribution in [3.63, 3.8) is 0 Å². The van der Waals surface area contributed by atoms with Crippen molar-refractivity contribution in [1.82, 2.24) is 9.97 Å². The van der Waals surface area contributed by atoms with E-state index >= 15 is 0 Å². The molecule has 0 bridgehead atoms. The van der Waals surface area contributed by atoms with Crippen LogP contribution in [-0.4, -0.2) is 38.9 Å². The number of anilines is 1. The average molecular weight is 317 g/mol. The van der Waals surface area contributed by atoms with Gasteiger partial charge in [-0.25, -0.2) is 14.4 Å². The molecule has 2 aromatic rings. The molecule has 122 valence electrons. The molecule has 2 heterocycles. The van der Waals surface area contributed by atoms with Gasteiger partial charge in [-0.05, 0) is 19.8 Å². The highest BCUT2D eigenvalue weighted by Gasteiger charge is 2.28. The molecule has 1 aliphatic rings. The Balaban J connectivity index is 1.80. The summed E-state index contributed by atoms with van der Waals surface area (Å²) < 4.78 is 14.2. The van der Waals surface area contributed by atoms with E-state index in [9.17, 15) is 9.50 Å². The minimum absolute atomic E-state index is 0.254. The number of rotatable bonds is 3. The topological polar surface area (TPSA) is 69.5 Å². The molecule has 6 heteroatoms. The van der Waals surface area contributed by atoms with E-state index in [4.69, 9.17) is 5.11 Å². The van der Waals surface area contributed by atoms with Gasteiger partial charge < -0.3 is 15.1 Å². The Hall–Kier alpha value is -2.05. The van der Waals surface area contributed by atoms with Crippen LogP contribution in [0.2, 0.25) is 0 Å². The Morgan fingerprint density at radius 2 is 1.87 bits per heavy atom. The minimum Gasteiger partial charge on any atom is -0.392 e. The first kappa shape index (κ1) is 15.8. The first-order valence-corrected chi connectivity index (χ1v) is 7.68. The summed E-state index contributed by atoms with van der Waals surface area (Å²) in [5, 5.41) is 19.1. The first-order chi connectivity index (χ1) is 11.0. The van der Waals surface area contributed by atoms with Crippen molar-refractivity contribution in [2.75, 3.05) is 18.0 Å². The molecule has 0 aliphatic carbocycles. The molecule has 0 radical (unpaired) electrons. The zero-order valence-electron chi connectivity index (χ0n) is 13.0. The summed E-state index contributed by atoms with van der Waals surface area (Å²) in [6, 6.07) is 4.89. The van der Waals surface area contributed by atoms with Gasteiger partial charge in [0.15, 0.2) is 0 Å². The van der Waals surface area contributed by atoms with Crippen LogP contribution in [0.15, 0.2) is 30.6 Å². The van der Waals surface area contributed by atoms with E-state index in [-0.39, 0.29) is 12.2 Å². The summed E-state index contributed by atoms with van der Waals surface area (Å²) in [4.78, 5) is 10.7. The largest absolute Gasteiger partial charge is 0.392 e. The zero-order valence-corrected chi connectivity index (χ0v) is 13.0. The zero-order chi connectivity index (χ0) is 16.4. The summed E-state index contributed by atoms with van der Waals surface area (Å²) >= 11 is 0. The van der Waals surface area contributed by atoms with Gasteiger partial charge in [0.2, 0.25) is 5.95 Å². The third-order valence-electron chi connectivity index (χ3n) is 4.32. The number of nitrogens with zero attached hydrogens (tertiary/aromatic N) is 3. The van der Waals surface area contributed by atoms with Crippen molar-refractivity contribution >= 4 is 5.95 Å². The molecule has 1 aromatic carbocycles. The maximum Gasteiger partial charge on any atom is 0.225 e. The van der Waals surface area contributed by atoms with E-state index in [1.54, 1.807) is 30.6 Å². The number of piperidine rings is 1. The number of hydrogen-bond acceptors (Lipinski definition) is 5. The summed E-state index contributed by atoms with van der Waals surface area (Å²) in [7, 11) is 0. The predicted molar refractivity (Wildman–Crippen MR) is 85.4 cm³/mol. The highest BCUT2D eigenvalue weighted by atomic mass is 19.1. The average Bonchev–Trinajstić information content (AvgIpc) is 2.55. The molecular weight excluding hydrogens is 297 g/mol. The van der Waals surface area contributed by atoms with Gasteiger partial charge in [0.1, 0.15) is 5.82 Å². The second kappa shape index (κ2) is 6.22. The van der Waals surface area contributed by atoms with Crippen LogP contribution in [0.1, 0.15) is 25.3 Å². The number of hydrogen-bond donors (Lipinski definition) is 2. The Morgan fingerprint density at radius 1 is 1.22 bits per heavy atom. The lowest BCUT2D eigenvalue weighted by Crippen LogP contribution is -2.43. The molecule has 23 heavy (non-hydrogen) atoms. The van der Waals surface area contributed by atoms with E-state index in [0.29, 0.717) is 43.0 Å². The van der Waals surface area contributed by atoms with Crippen LogP contribution in [0.25, 0.3) is 11.1 Å². The number of benzene rings is 1. The maximum absolute atomic E-state index is 14.2. The Bertz CT molecular complexity index is 679. The van der Waals surface area contributed by atoms with E-state index in [0.717, 1.165) is 0 Å². The van der Waals surface area contributed by atoms with Gasteiger partial charge in [0, 0.05) is 42.2 Å². The summed E-state index contributed by atoms with van der Waals surface area (Å²) in [6.45, 7) is 2.89. The molecule has 1 aliphatic heterocycles. The van der Waals surface area contributed by atoms with E-state index < -0.39 is 11.4 Å². The lowest BCUT2D eigenvalue weighted by molar-refractivity contribution is 0.0349. The van der Waals surface area contributed by atoms with E-state index in [1.165, 1.54) is 0 Å². The van der Waals surface area contributed by atoms with Gasteiger partial charge in [-0.1, -0.05) is 18.2 Å². The molecule has 0 spiro atoms. The molecule has 1 aromatic heterocycles. The number of aliphatic hydroxyl groups excluding tert-OH is 1. The molecule has 0 amide bonds. The molecular formula is C17H20FN3O2. The fraction of sp³-hybridized carbons (Fsp3) is 0.412. The van der Waals surface area contributed by atoms with Crippen molar-refractivity contribution in [3.05, 3.63) is 42.0 Å². The van der Waals surface area contributed by atoms with E-state index in [2.05, 4.69) is 9.97 Å². The molecule has 1 saturated heterocycles. The molecule has 3 rings (SSSR count). The summed E-state index contributed by atoms with van der Waals surface area (Å²) in [5.41, 5.74) is 0.588. The van der Waals surface area contributed by atoms with Crippen molar-refractivity contribution in [2.45, 2.75) is 32.0 Å². The Morgan fingerprint density at radius 3 is 2.48 bits per heavy atom. The van der Waals surface area contributed by atoms with Crippen molar-refractivity contribution < 1.29 is 14.6 Å². The second-order valence-electron chi connectivity index (χ2n) is 6.19. The van der Waals surface area contributed by atoms with Crippen LogP contribution in [0.3, 0.4) is 0 Å². The van der Waals surface area contributed by atoms with Crippen LogP contribution in [0.5, 0.6) is 0 Å². The van der Waals surface area contributed by atoms with Crippen molar-refractivity contribution in [2.24, 2.45) is 0 Å². The van der Waals surface area contributed by atoms with Crippen LogP contribution in [0, 0.1) is 5.82 Å². The van der Waals surface area contributed by atoms with E-state index in [1.807, 2.05) is 11.8 Å². The Kier molecular flexibility index (Phi) is 4.28. The monoisotopic (exact) mass is 317 g/mol. The molecule has 5 nitrogen and oxygen atoms in total. The maximum atomic E-state index is 14.2. The molecule has 0 atom stereocenters. The molecule has 0 saturated carbocycles. The Labute approximate surface area is 134 Å². The van der Waals surface area contributed by atoms with Crippen LogP contribution >= 0.6 is 0 Å². The highest BCUT2D eigenvalue weighted by molar-refractivity contribution is 5.63. The minimum atomic E-state index is -0.621. The molecule has 0 unspecified atom stereocenters.